The summed E-state index contributed by atoms with van der Waals surface area (Å²) in [5.74, 6) is -1.99. The molecule has 1 saturated heterocycles. The van der Waals surface area contributed by atoms with Crippen LogP contribution in [0.5, 0.6) is 5.75 Å². The second-order valence-electron chi connectivity index (χ2n) is 9.07. The van der Waals surface area contributed by atoms with Gasteiger partial charge in [-0.25, -0.2) is 4.98 Å². The van der Waals surface area contributed by atoms with Crippen LogP contribution in [0.25, 0.3) is 0 Å². The zero-order chi connectivity index (χ0) is 28.5. The van der Waals surface area contributed by atoms with Gasteiger partial charge < -0.3 is 23.7 Å². The number of thioether (sulfide) groups is 1. The molecule has 3 radical (unpaired) electrons. The normalized spacial score (nSPS) is 21.8. The molecule has 1 N–H and O–H groups in total. The van der Waals surface area contributed by atoms with Gasteiger partial charge in [0, 0.05) is 54.2 Å². The molecule has 3 rings (SSSR count). The van der Waals surface area contributed by atoms with E-state index in [2.05, 4.69) is 36.2 Å². The molecule has 0 bridgehead atoms. The van der Waals surface area contributed by atoms with Gasteiger partial charge in [0.2, 0.25) is 6.20 Å². The Bertz CT molecular complexity index is 1180. The van der Waals surface area contributed by atoms with Gasteiger partial charge in [0.05, 0.1) is 5.25 Å². The van der Waals surface area contributed by atoms with E-state index in [-0.39, 0.29) is 15.0 Å². The third-order valence-corrected chi connectivity index (χ3v) is 7.32. The lowest BCUT2D eigenvalue weighted by molar-refractivity contribution is -0.379. The van der Waals surface area contributed by atoms with Crippen molar-refractivity contribution in [3.63, 3.8) is 0 Å². The number of aromatic amines is 1. The summed E-state index contributed by atoms with van der Waals surface area (Å²) in [5.41, 5.74) is 2.28. The van der Waals surface area contributed by atoms with E-state index >= 15 is 0 Å². The molecule has 0 saturated carbocycles. The fourth-order valence-corrected chi connectivity index (χ4v) is 5.61. The minimum Gasteiger partial charge on any atom is -0.469 e. The van der Waals surface area contributed by atoms with Crippen LogP contribution in [-0.2, 0) is 51.0 Å². The SMILES string of the molecule is CCc1ccc(Cc2cc[nH+]cc2O[C@@H]2S[C@H](COC(C)=O)[C@@H](OC(C)=O)[C@H](OC(C)=O)[C@H]2OC(C)=O)cc1.[B]. The van der Waals surface area contributed by atoms with Gasteiger partial charge in [-0.15, -0.1) is 11.8 Å². The zero-order valence-corrected chi connectivity index (χ0v) is 24.0. The third kappa shape index (κ3) is 9.29. The largest absolute Gasteiger partial charge is 0.469 e. The van der Waals surface area contributed by atoms with Crippen LogP contribution >= 0.6 is 11.8 Å². The van der Waals surface area contributed by atoms with E-state index in [1.807, 2.05) is 6.07 Å². The minimum absolute atomic E-state index is 0. The van der Waals surface area contributed by atoms with Gasteiger partial charge in [0.25, 0.3) is 0 Å². The number of benzene rings is 1. The summed E-state index contributed by atoms with van der Waals surface area (Å²) in [6, 6.07) is 10.2. The molecule has 0 aliphatic carbocycles. The molecule has 1 aliphatic heterocycles. The van der Waals surface area contributed by atoms with Gasteiger partial charge >= 0.3 is 23.9 Å². The number of rotatable bonds is 10. The van der Waals surface area contributed by atoms with Gasteiger partial charge in [0.1, 0.15) is 6.61 Å². The summed E-state index contributed by atoms with van der Waals surface area (Å²) < 4.78 is 28.2. The zero-order valence-electron chi connectivity index (χ0n) is 23.2. The van der Waals surface area contributed by atoms with E-state index in [0.29, 0.717) is 12.2 Å². The summed E-state index contributed by atoms with van der Waals surface area (Å²) in [6.07, 6.45) is 1.56. The highest BCUT2D eigenvalue weighted by Crippen LogP contribution is 2.39. The lowest BCUT2D eigenvalue weighted by atomic mass is 10.0. The molecule has 1 aromatic carbocycles. The molecule has 0 unspecified atom stereocenters. The van der Waals surface area contributed by atoms with Gasteiger partial charge in [0.15, 0.2) is 35.7 Å². The van der Waals surface area contributed by atoms with Gasteiger partial charge in [-0.2, -0.15) is 0 Å². The maximum Gasteiger partial charge on any atom is 0.303 e. The Balaban J connectivity index is 0.00000560. The highest BCUT2D eigenvalue weighted by atomic mass is 32.2. The fraction of sp³-hybridized carbons (Fsp3) is 0.464. The summed E-state index contributed by atoms with van der Waals surface area (Å²) in [4.78, 5) is 50.8. The van der Waals surface area contributed by atoms with Crippen LogP contribution in [0, 0.1) is 0 Å². The first-order chi connectivity index (χ1) is 18.6. The van der Waals surface area contributed by atoms with Crippen molar-refractivity contribution >= 4 is 44.1 Å². The van der Waals surface area contributed by atoms with Crippen molar-refractivity contribution in [3.05, 3.63) is 59.4 Å². The quantitative estimate of drug-likeness (QED) is 0.238. The molecule has 0 amide bonds. The van der Waals surface area contributed by atoms with Crippen molar-refractivity contribution in [1.82, 2.24) is 0 Å². The average Bonchev–Trinajstić information content (AvgIpc) is 2.87. The Labute approximate surface area is 240 Å². The smallest absolute Gasteiger partial charge is 0.303 e. The van der Waals surface area contributed by atoms with Crippen molar-refractivity contribution in [3.8, 4) is 5.75 Å². The maximum atomic E-state index is 12.1. The molecule has 5 atom stereocenters. The molecule has 2 heterocycles. The molecular weight excluding hydrogens is 537 g/mol. The van der Waals surface area contributed by atoms with E-state index in [1.165, 1.54) is 33.3 Å². The molecule has 2 aromatic rings. The highest BCUT2D eigenvalue weighted by Gasteiger charge is 2.53. The Morgan fingerprint density at radius 2 is 1.38 bits per heavy atom. The highest BCUT2D eigenvalue weighted by molar-refractivity contribution is 8.00. The molecule has 213 valence electrons. The van der Waals surface area contributed by atoms with Crippen molar-refractivity contribution in [2.75, 3.05) is 6.61 Å². The Kier molecular flexibility index (Phi) is 12.5. The lowest BCUT2D eigenvalue weighted by Gasteiger charge is -2.43. The Morgan fingerprint density at radius 3 is 1.95 bits per heavy atom. The van der Waals surface area contributed by atoms with Crippen molar-refractivity contribution < 1.29 is 47.8 Å². The maximum absolute atomic E-state index is 12.1. The van der Waals surface area contributed by atoms with Gasteiger partial charge in [-0.1, -0.05) is 31.2 Å². The number of hydrogen-bond acceptors (Lipinski definition) is 10. The van der Waals surface area contributed by atoms with Crippen LogP contribution in [0.3, 0.4) is 0 Å². The number of aromatic nitrogens is 1. The lowest BCUT2D eigenvalue weighted by Crippen LogP contribution is -2.59. The van der Waals surface area contributed by atoms with E-state index < -0.39 is 52.9 Å². The van der Waals surface area contributed by atoms with Gasteiger partial charge in [-0.05, 0) is 17.5 Å². The van der Waals surface area contributed by atoms with Crippen molar-refractivity contribution in [2.24, 2.45) is 0 Å². The predicted molar refractivity (Wildman–Crippen MR) is 146 cm³/mol. The predicted octanol–water partition coefficient (Wildman–Crippen LogP) is 2.45. The van der Waals surface area contributed by atoms with E-state index in [1.54, 1.807) is 12.4 Å². The molecule has 12 heteroatoms. The first-order valence-corrected chi connectivity index (χ1v) is 13.6. The standard InChI is InChI=1S/C28H33NO9S.B/c1-6-20-7-9-21(10-8-20)13-22-11-12-29-14-23(22)38-28-27(37-19(5)33)26(36-18(4)32)25(35-17(3)31)24(39-28)15-34-16(2)30;/h7-12,14,24-28H,6,13,15H2,1-5H3;/p+1/t24-,25-,26+,27-,28-;/m1./s1. The number of carbonyl (C=O) groups excluding carboxylic acids is 4. The molecule has 1 aliphatic rings. The van der Waals surface area contributed by atoms with E-state index in [0.717, 1.165) is 29.3 Å². The van der Waals surface area contributed by atoms with Gasteiger partial charge in [-0.3, -0.25) is 19.2 Å². The Hall–Kier alpha value is -3.54. The van der Waals surface area contributed by atoms with Crippen molar-refractivity contribution in [2.45, 2.75) is 76.5 Å². The second kappa shape index (κ2) is 15.3. The number of nitrogens with one attached hydrogen (secondary N) is 1. The van der Waals surface area contributed by atoms with Crippen LogP contribution in [-0.4, -0.2) is 67.9 Å². The summed E-state index contributed by atoms with van der Waals surface area (Å²) >= 11 is 1.16. The average molecular weight is 571 g/mol. The summed E-state index contributed by atoms with van der Waals surface area (Å²) in [6.45, 7) is 6.83. The third-order valence-electron chi connectivity index (χ3n) is 5.93. The summed E-state index contributed by atoms with van der Waals surface area (Å²) in [5, 5.41) is -0.684. The van der Waals surface area contributed by atoms with Crippen LogP contribution < -0.4 is 9.72 Å². The first kappa shape index (κ1) is 32.7. The van der Waals surface area contributed by atoms with Crippen LogP contribution in [0.2, 0.25) is 0 Å². The van der Waals surface area contributed by atoms with Crippen molar-refractivity contribution in [1.29, 1.82) is 0 Å². The van der Waals surface area contributed by atoms with Crippen LogP contribution in [0.4, 0.5) is 0 Å². The Morgan fingerprint density at radius 1 is 0.800 bits per heavy atom. The molecule has 10 nitrogen and oxygen atoms in total. The summed E-state index contributed by atoms with van der Waals surface area (Å²) in [7, 11) is 0. The number of ether oxygens (including phenoxy) is 5. The number of aryl methyl sites for hydroxylation is 1. The molecule has 0 spiro atoms. The second-order valence-corrected chi connectivity index (χ2v) is 10.4. The van der Waals surface area contributed by atoms with Crippen LogP contribution in [0.15, 0.2) is 42.7 Å². The number of pyridine rings is 1. The topological polar surface area (TPSA) is 129 Å². The molecule has 1 aromatic heterocycles. The van der Waals surface area contributed by atoms with E-state index in [9.17, 15) is 19.2 Å². The minimum atomic E-state index is -1.21. The number of H-pyrrole nitrogens is 1. The first-order valence-electron chi connectivity index (χ1n) is 12.6. The molecular formula is C28H34BNO9S+. The fourth-order valence-electron chi connectivity index (χ4n) is 4.22. The number of carbonyl (C=O) groups is 4. The molecule has 1 fully saturated rings. The van der Waals surface area contributed by atoms with E-state index in [4.69, 9.17) is 23.7 Å². The number of hydrogen-bond donors (Lipinski definition) is 0. The van der Waals surface area contributed by atoms with Crippen LogP contribution in [0.1, 0.15) is 51.3 Å². The molecule has 40 heavy (non-hydrogen) atoms. The monoisotopic (exact) mass is 571 g/mol. The number of esters is 4.